The first-order valence-corrected chi connectivity index (χ1v) is 12.2. The van der Waals surface area contributed by atoms with Crippen LogP contribution in [0.1, 0.15) is 22.4 Å². The van der Waals surface area contributed by atoms with Gasteiger partial charge in [-0.15, -0.1) is 0 Å². The van der Waals surface area contributed by atoms with Crippen molar-refractivity contribution in [3.63, 3.8) is 0 Å². The molecule has 0 saturated carbocycles. The number of nitro groups is 1. The summed E-state index contributed by atoms with van der Waals surface area (Å²) in [6, 6.07) is 23.6. The summed E-state index contributed by atoms with van der Waals surface area (Å²) in [5.74, 6) is -0.323. The summed E-state index contributed by atoms with van der Waals surface area (Å²) < 4.78 is 2.45. The predicted molar refractivity (Wildman–Crippen MR) is 146 cm³/mol. The Hall–Kier alpha value is -4.26. The number of hydrogen-bond donors (Lipinski definition) is 0. The van der Waals surface area contributed by atoms with Crippen LogP contribution in [-0.4, -0.2) is 19.7 Å². The molecule has 1 amide bonds. The number of para-hydroxylation sites is 1. The zero-order valence-corrected chi connectivity index (χ0v) is 20.7. The van der Waals surface area contributed by atoms with Gasteiger partial charge in [0.05, 0.1) is 27.1 Å². The normalized spacial score (nSPS) is 14.6. The fourth-order valence-electron chi connectivity index (χ4n) is 4.35. The van der Waals surface area contributed by atoms with Gasteiger partial charge in [-0.3, -0.25) is 19.8 Å². The maximum Gasteiger partial charge on any atom is 0.271 e. The Morgan fingerprint density at radius 2 is 1.86 bits per heavy atom. The molecule has 2 heterocycles. The lowest BCUT2D eigenvalue weighted by molar-refractivity contribution is -0.384. The second-order valence-electron chi connectivity index (χ2n) is 8.17. The maximum absolute atomic E-state index is 13.4. The van der Waals surface area contributed by atoms with E-state index < -0.39 is 4.92 Å². The zero-order chi connectivity index (χ0) is 25.4. The molecule has 1 aromatic heterocycles. The maximum atomic E-state index is 13.4. The number of fused-ring (bicyclic) bond motifs is 1. The molecule has 1 saturated heterocycles. The standard InChI is InChI=1S/C27H18N4O3S2/c1-17-23(14-25-26(32)30(27(35)36-25)20-9-6-10-21(13-20)31(33)34)22-11-4-5-12-24(22)29(17)16-19-8-3-2-7-18(19)15-28/h2-14H,16H2,1H3/b25-14+. The monoisotopic (exact) mass is 510 g/mol. The lowest BCUT2D eigenvalue weighted by atomic mass is 10.1. The number of anilines is 1. The Balaban J connectivity index is 1.57. The van der Waals surface area contributed by atoms with Crippen molar-refractivity contribution in [2.75, 3.05) is 4.90 Å². The van der Waals surface area contributed by atoms with E-state index >= 15 is 0 Å². The first-order valence-electron chi connectivity index (χ1n) is 11.0. The van der Waals surface area contributed by atoms with Crippen LogP contribution >= 0.6 is 24.0 Å². The topological polar surface area (TPSA) is 92.2 Å². The average molecular weight is 511 g/mol. The molecule has 0 unspecified atom stereocenters. The van der Waals surface area contributed by atoms with Crippen LogP contribution < -0.4 is 4.90 Å². The Labute approximate surface area is 216 Å². The molecule has 7 nitrogen and oxygen atoms in total. The van der Waals surface area contributed by atoms with Gasteiger partial charge >= 0.3 is 0 Å². The zero-order valence-electron chi connectivity index (χ0n) is 19.0. The molecule has 0 bridgehead atoms. The molecule has 1 aliphatic rings. The largest absolute Gasteiger partial charge is 0.340 e. The SMILES string of the molecule is Cc1c(/C=C2/SC(=S)N(c3cccc([N+](=O)[O-])c3)C2=O)c2ccccc2n1Cc1ccccc1C#N. The molecule has 0 N–H and O–H groups in total. The Morgan fingerprint density at radius 1 is 1.11 bits per heavy atom. The lowest BCUT2D eigenvalue weighted by Crippen LogP contribution is -2.27. The highest BCUT2D eigenvalue weighted by Gasteiger charge is 2.34. The number of rotatable bonds is 5. The highest BCUT2D eigenvalue weighted by atomic mass is 32.2. The van der Waals surface area contributed by atoms with E-state index in [-0.39, 0.29) is 11.6 Å². The second-order valence-corrected chi connectivity index (χ2v) is 9.84. The van der Waals surface area contributed by atoms with E-state index in [4.69, 9.17) is 12.2 Å². The van der Waals surface area contributed by atoms with Crippen molar-refractivity contribution >= 4 is 62.6 Å². The molecular formula is C27H18N4O3S2. The number of nitriles is 1. The number of non-ortho nitro benzene ring substituents is 1. The van der Waals surface area contributed by atoms with Crippen molar-refractivity contribution in [2.45, 2.75) is 13.5 Å². The van der Waals surface area contributed by atoms with Gasteiger partial charge in [-0.25, -0.2) is 0 Å². The number of aromatic nitrogens is 1. The van der Waals surface area contributed by atoms with Crippen LogP contribution in [0.5, 0.6) is 0 Å². The van der Waals surface area contributed by atoms with E-state index in [1.54, 1.807) is 12.1 Å². The van der Waals surface area contributed by atoms with Crippen molar-refractivity contribution in [1.29, 1.82) is 5.26 Å². The number of amides is 1. The van der Waals surface area contributed by atoms with E-state index in [0.29, 0.717) is 27.0 Å². The molecule has 9 heteroatoms. The summed E-state index contributed by atoms with van der Waals surface area (Å²) in [5, 5.41) is 21.7. The highest BCUT2D eigenvalue weighted by molar-refractivity contribution is 8.27. The second kappa shape index (κ2) is 9.41. The van der Waals surface area contributed by atoms with Crippen LogP contribution in [-0.2, 0) is 11.3 Å². The highest BCUT2D eigenvalue weighted by Crippen LogP contribution is 2.39. The first-order chi connectivity index (χ1) is 17.4. The number of carbonyl (C=O) groups is 1. The summed E-state index contributed by atoms with van der Waals surface area (Å²) >= 11 is 6.64. The molecule has 1 aliphatic heterocycles. The van der Waals surface area contributed by atoms with Crippen LogP contribution in [0.3, 0.4) is 0 Å². The molecule has 0 radical (unpaired) electrons. The van der Waals surface area contributed by atoms with Gasteiger partial charge in [0, 0.05) is 40.8 Å². The van der Waals surface area contributed by atoms with Crippen molar-refractivity contribution in [1.82, 2.24) is 4.57 Å². The quantitative estimate of drug-likeness (QED) is 0.138. The van der Waals surface area contributed by atoms with Gasteiger partial charge < -0.3 is 4.57 Å². The predicted octanol–water partition coefficient (Wildman–Crippen LogP) is 6.18. The minimum atomic E-state index is -0.500. The molecule has 4 aromatic rings. The summed E-state index contributed by atoms with van der Waals surface area (Å²) in [6.45, 7) is 2.50. The molecule has 36 heavy (non-hydrogen) atoms. The minimum absolute atomic E-state index is 0.109. The van der Waals surface area contributed by atoms with Crippen molar-refractivity contribution < 1.29 is 9.72 Å². The third-order valence-electron chi connectivity index (χ3n) is 6.11. The van der Waals surface area contributed by atoms with E-state index in [0.717, 1.165) is 27.7 Å². The molecule has 0 spiro atoms. The van der Waals surface area contributed by atoms with Gasteiger partial charge in [0.25, 0.3) is 11.6 Å². The van der Waals surface area contributed by atoms with Crippen molar-refractivity contribution in [2.24, 2.45) is 0 Å². The third kappa shape index (κ3) is 4.06. The third-order valence-corrected chi connectivity index (χ3v) is 7.42. The molecule has 1 fully saturated rings. The number of hydrogen-bond acceptors (Lipinski definition) is 6. The van der Waals surface area contributed by atoms with Crippen LogP contribution in [0, 0.1) is 28.4 Å². The van der Waals surface area contributed by atoms with Crippen LogP contribution in [0.4, 0.5) is 11.4 Å². The summed E-state index contributed by atoms with van der Waals surface area (Å²) in [5.41, 5.74) is 4.61. The van der Waals surface area contributed by atoms with Gasteiger partial charge in [0.15, 0.2) is 4.32 Å². The van der Waals surface area contributed by atoms with Crippen molar-refractivity contribution in [3.8, 4) is 6.07 Å². The number of carbonyl (C=O) groups excluding carboxylic acids is 1. The van der Waals surface area contributed by atoms with Gasteiger partial charge in [0.1, 0.15) is 0 Å². The number of nitrogens with zero attached hydrogens (tertiary/aromatic N) is 4. The first kappa shape index (κ1) is 23.5. The van der Waals surface area contributed by atoms with Gasteiger partial charge in [-0.05, 0) is 36.8 Å². The Bertz CT molecular complexity index is 1650. The fourth-order valence-corrected chi connectivity index (χ4v) is 5.63. The number of thioether (sulfide) groups is 1. The van der Waals surface area contributed by atoms with E-state index in [9.17, 15) is 20.2 Å². The summed E-state index contributed by atoms with van der Waals surface area (Å²) in [7, 11) is 0. The van der Waals surface area contributed by atoms with Crippen LogP contribution in [0.2, 0.25) is 0 Å². The van der Waals surface area contributed by atoms with E-state index in [1.165, 1.54) is 34.9 Å². The van der Waals surface area contributed by atoms with Crippen LogP contribution in [0.25, 0.3) is 17.0 Å². The Kier molecular flexibility index (Phi) is 6.14. The van der Waals surface area contributed by atoms with Gasteiger partial charge in [0.2, 0.25) is 0 Å². The molecule has 176 valence electrons. The van der Waals surface area contributed by atoms with Gasteiger partial charge in [-0.1, -0.05) is 66.4 Å². The molecule has 5 rings (SSSR count). The summed E-state index contributed by atoms with van der Waals surface area (Å²) in [6.07, 6.45) is 1.83. The number of benzene rings is 3. The molecular weight excluding hydrogens is 492 g/mol. The number of nitro benzene ring substituents is 1. The van der Waals surface area contributed by atoms with E-state index in [2.05, 4.69) is 10.6 Å². The smallest absolute Gasteiger partial charge is 0.271 e. The minimum Gasteiger partial charge on any atom is -0.340 e. The number of thiocarbonyl (C=S) groups is 1. The van der Waals surface area contributed by atoms with Crippen molar-refractivity contribution in [3.05, 3.63) is 110 Å². The Morgan fingerprint density at radius 3 is 2.64 bits per heavy atom. The molecule has 3 aromatic carbocycles. The lowest BCUT2D eigenvalue weighted by Gasteiger charge is -2.14. The van der Waals surface area contributed by atoms with E-state index in [1.807, 2.05) is 55.5 Å². The molecule has 0 atom stereocenters. The molecule has 0 aliphatic carbocycles. The fraction of sp³-hybridized carbons (Fsp3) is 0.0741. The van der Waals surface area contributed by atoms with Gasteiger partial charge in [-0.2, -0.15) is 5.26 Å². The van der Waals surface area contributed by atoms with Crippen LogP contribution in [0.15, 0.2) is 77.7 Å². The average Bonchev–Trinajstić information content (AvgIpc) is 3.32. The summed E-state index contributed by atoms with van der Waals surface area (Å²) in [4.78, 5) is 25.8.